The van der Waals surface area contributed by atoms with Gasteiger partial charge in [-0.2, -0.15) is 0 Å². The molecule has 0 saturated carbocycles. The second-order valence-electron chi connectivity index (χ2n) is 4.32. The molecule has 1 heterocycles. The summed E-state index contributed by atoms with van der Waals surface area (Å²) in [4.78, 5) is 25.8. The number of fused-ring (bicyclic) bond motifs is 1. The number of hydrogen-bond acceptors (Lipinski definition) is 3. The van der Waals surface area contributed by atoms with Gasteiger partial charge in [0.1, 0.15) is 6.04 Å². The fourth-order valence-electron chi connectivity index (χ4n) is 1.99. The number of carboxylic acids is 1. The van der Waals surface area contributed by atoms with Gasteiger partial charge in [0.25, 0.3) is 0 Å². The molecule has 0 aromatic heterocycles. The van der Waals surface area contributed by atoms with Crippen molar-refractivity contribution in [1.29, 1.82) is 0 Å². The minimum atomic E-state index is -1.12. The van der Waals surface area contributed by atoms with Crippen LogP contribution in [0, 0.1) is 0 Å². The Hall–Kier alpha value is -2.08. The summed E-state index contributed by atoms with van der Waals surface area (Å²) in [5.41, 5.74) is 7.22. The lowest BCUT2D eigenvalue weighted by Crippen LogP contribution is -2.51. The smallest absolute Gasteiger partial charge is 0.324 e. The van der Waals surface area contributed by atoms with Crippen molar-refractivity contribution < 1.29 is 14.7 Å². The van der Waals surface area contributed by atoms with Gasteiger partial charge in [-0.05, 0) is 11.6 Å². The molecule has 0 fully saturated rings. The second kappa shape index (κ2) is 4.66. The monoisotopic (exact) mass is 249 g/mol. The van der Waals surface area contributed by atoms with Gasteiger partial charge >= 0.3 is 12.0 Å². The molecule has 1 unspecified atom stereocenters. The van der Waals surface area contributed by atoms with Gasteiger partial charge in [0.2, 0.25) is 0 Å². The van der Waals surface area contributed by atoms with Crippen LogP contribution in [0.25, 0.3) is 0 Å². The minimum Gasteiger partial charge on any atom is -0.480 e. The third-order valence-corrected chi connectivity index (χ3v) is 2.94. The zero-order valence-electron chi connectivity index (χ0n) is 10.0. The summed E-state index contributed by atoms with van der Waals surface area (Å²) in [5, 5.41) is 8.84. The average Bonchev–Trinajstić information content (AvgIpc) is 2.34. The third-order valence-electron chi connectivity index (χ3n) is 2.94. The van der Waals surface area contributed by atoms with E-state index in [1.165, 1.54) is 9.80 Å². The van der Waals surface area contributed by atoms with Crippen molar-refractivity contribution in [3.05, 3.63) is 29.8 Å². The Morgan fingerprint density at radius 3 is 2.83 bits per heavy atom. The highest BCUT2D eigenvalue weighted by Gasteiger charge is 2.30. The predicted octanol–water partition coefficient (Wildman–Crippen LogP) is 0.470. The summed E-state index contributed by atoms with van der Waals surface area (Å²) in [5.74, 6) is -1.12. The molecule has 1 aromatic rings. The maximum absolute atomic E-state index is 12.0. The van der Waals surface area contributed by atoms with E-state index in [9.17, 15) is 9.59 Å². The van der Waals surface area contributed by atoms with Crippen molar-refractivity contribution in [1.82, 2.24) is 4.90 Å². The standard InChI is InChI=1S/C12H15N3O3/c1-14-6-8-4-2-3-5-10(8)15(12(14)18)7-9(13)11(16)17/h2-5,9H,6-7,13H2,1H3,(H,16,17). The van der Waals surface area contributed by atoms with E-state index in [2.05, 4.69) is 0 Å². The molecule has 6 nitrogen and oxygen atoms in total. The highest BCUT2D eigenvalue weighted by atomic mass is 16.4. The number of hydrogen-bond donors (Lipinski definition) is 2. The van der Waals surface area contributed by atoms with Crippen molar-refractivity contribution in [3.8, 4) is 0 Å². The molecule has 3 N–H and O–H groups in total. The maximum atomic E-state index is 12.0. The molecule has 1 aliphatic rings. The topological polar surface area (TPSA) is 86.9 Å². The Morgan fingerprint density at radius 2 is 2.17 bits per heavy atom. The van der Waals surface area contributed by atoms with Crippen molar-refractivity contribution in [2.45, 2.75) is 12.6 Å². The molecule has 0 saturated heterocycles. The molecule has 0 aliphatic carbocycles. The normalized spacial score (nSPS) is 16.4. The lowest BCUT2D eigenvalue weighted by molar-refractivity contribution is -0.138. The van der Waals surface area contributed by atoms with E-state index in [1.807, 2.05) is 18.2 Å². The predicted molar refractivity (Wildman–Crippen MR) is 66.3 cm³/mol. The van der Waals surface area contributed by atoms with E-state index in [4.69, 9.17) is 10.8 Å². The number of carbonyl (C=O) groups excluding carboxylic acids is 1. The molecule has 6 heteroatoms. The highest BCUT2D eigenvalue weighted by molar-refractivity contribution is 5.95. The molecular formula is C12H15N3O3. The first-order valence-electron chi connectivity index (χ1n) is 5.59. The fraction of sp³-hybridized carbons (Fsp3) is 0.333. The van der Waals surface area contributed by atoms with Gasteiger partial charge in [-0.15, -0.1) is 0 Å². The highest BCUT2D eigenvalue weighted by Crippen LogP contribution is 2.27. The third kappa shape index (κ3) is 2.14. The van der Waals surface area contributed by atoms with Gasteiger partial charge in [-0.3, -0.25) is 9.69 Å². The number of anilines is 1. The number of rotatable bonds is 3. The number of nitrogens with zero attached hydrogens (tertiary/aromatic N) is 2. The van der Waals surface area contributed by atoms with Crippen LogP contribution in [-0.2, 0) is 11.3 Å². The first-order valence-corrected chi connectivity index (χ1v) is 5.59. The number of amides is 2. The van der Waals surface area contributed by atoms with Crippen molar-refractivity contribution >= 4 is 17.7 Å². The Labute approximate surface area is 105 Å². The van der Waals surface area contributed by atoms with Gasteiger partial charge in [-0.25, -0.2) is 4.79 Å². The van der Waals surface area contributed by atoms with E-state index in [0.717, 1.165) is 11.3 Å². The van der Waals surface area contributed by atoms with Gasteiger partial charge < -0.3 is 15.7 Å². The van der Waals surface area contributed by atoms with E-state index < -0.39 is 12.0 Å². The Morgan fingerprint density at radius 1 is 1.50 bits per heavy atom. The first-order chi connectivity index (χ1) is 8.50. The summed E-state index contributed by atoms with van der Waals surface area (Å²) in [7, 11) is 1.68. The zero-order valence-corrected chi connectivity index (χ0v) is 10.0. The van der Waals surface area contributed by atoms with Crippen LogP contribution in [0.15, 0.2) is 24.3 Å². The molecule has 0 radical (unpaired) electrons. The number of aliphatic carboxylic acids is 1. The zero-order chi connectivity index (χ0) is 13.3. The van der Waals surface area contributed by atoms with Crippen LogP contribution in [0.4, 0.5) is 10.5 Å². The lowest BCUT2D eigenvalue weighted by atomic mass is 10.1. The molecule has 96 valence electrons. The molecule has 18 heavy (non-hydrogen) atoms. The Bertz CT molecular complexity index is 489. The van der Waals surface area contributed by atoms with Gasteiger partial charge in [0, 0.05) is 13.6 Å². The summed E-state index contributed by atoms with van der Waals surface area (Å²) in [6.07, 6.45) is 0. The van der Waals surface area contributed by atoms with E-state index in [1.54, 1.807) is 13.1 Å². The van der Waals surface area contributed by atoms with E-state index in [-0.39, 0.29) is 12.6 Å². The molecular weight excluding hydrogens is 234 g/mol. The van der Waals surface area contributed by atoms with Crippen LogP contribution in [0.1, 0.15) is 5.56 Å². The number of nitrogens with two attached hydrogens (primary N) is 1. The minimum absolute atomic E-state index is 0.0322. The second-order valence-corrected chi connectivity index (χ2v) is 4.32. The summed E-state index contributed by atoms with van der Waals surface area (Å²) >= 11 is 0. The summed E-state index contributed by atoms with van der Waals surface area (Å²) in [6.45, 7) is 0.489. The van der Waals surface area contributed by atoms with Gasteiger partial charge in [0.05, 0.1) is 12.2 Å². The Kier molecular flexibility index (Phi) is 3.20. The van der Waals surface area contributed by atoms with Crippen LogP contribution >= 0.6 is 0 Å². The molecule has 2 rings (SSSR count). The van der Waals surface area contributed by atoms with Crippen LogP contribution in [0.5, 0.6) is 0 Å². The fourth-order valence-corrected chi connectivity index (χ4v) is 1.99. The van der Waals surface area contributed by atoms with Crippen LogP contribution in [0.3, 0.4) is 0 Å². The maximum Gasteiger partial charge on any atom is 0.324 e. The number of urea groups is 1. The molecule has 0 spiro atoms. The number of benzene rings is 1. The molecule has 0 bridgehead atoms. The molecule has 1 atom stereocenters. The van der Waals surface area contributed by atoms with Crippen molar-refractivity contribution in [2.24, 2.45) is 5.73 Å². The number of para-hydroxylation sites is 1. The quantitative estimate of drug-likeness (QED) is 0.815. The SMILES string of the molecule is CN1Cc2ccccc2N(CC(N)C(=O)O)C1=O. The number of carboxylic acid groups (broad SMARTS) is 1. The van der Waals surface area contributed by atoms with Gasteiger partial charge in [0.15, 0.2) is 0 Å². The van der Waals surface area contributed by atoms with Crippen LogP contribution in [0.2, 0.25) is 0 Å². The molecule has 2 amide bonds. The lowest BCUT2D eigenvalue weighted by Gasteiger charge is -2.35. The van der Waals surface area contributed by atoms with Crippen LogP contribution < -0.4 is 10.6 Å². The largest absolute Gasteiger partial charge is 0.480 e. The molecule has 1 aromatic carbocycles. The Balaban J connectivity index is 2.32. The molecule has 1 aliphatic heterocycles. The summed E-state index contributed by atoms with van der Waals surface area (Å²) < 4.78 is 0. The van der Waals surface area contributed by atoms with Gasteiger partial charge in [-0.1, -0.05) is 18.2 Å². The number of carbonyl (C=O) groups is 2. The van der Waals surface area contributed by atoms with Crippen LogP contribution in [-0.4, -0.2) is 41.6 Å². The van der Waals surface area contributed by atoms with E-state index >= 15 is 0 Å². The van der Waals surface area contributed by atoms with E-state index in [0.29, 0.717) is 6.54 Å². The van der Waals surface area contributed by atoms with Crippen molar-refractivity contribution in [3.63, 3.8) is 0 Å². The average molecular weight is 249 g/mol. The first kappa shape index (κ1) is 12.4. The van der Waals surface area contributed by atoms with Crippen molar-refractivity contribution in [2.75, 3.05) is 18.5 Å². The summed E-state index contributed by atoms with van der Waals surface area (Å²) in [6, 6.07) is 6.10.